The summed E-state index contributed by atoms with van der Waals surface area (Å²) in [6.07, 6.45) is 2.70. The van der Waals surface area contributed by atoms with Crippen molar-refractivity contribution in [3.05, 3.63) is 53.1 Å². The zero-order valence-corrected chi connectivity index (χ0v) is 12.9. The summed E-state index contributed by atoms with van der Waals surface area (Å²) in [5, 5.41) is 3.58. The molecule has 2 aromatic rings. The molecule has 1 aliphatic heterocycles. The van der Waals surface area contributed by atoms with Crippen molar-refractivity contribution in [1.82, 2.24) is 0 Å². The highest BCUT2D eigenvalue weighted by Crippen LogP contribution is 2.49. The fourth-order valence-electron chi connectivity index (χ4n) is 3.45. The molecular formula is C19H21NO. The molecule has 0 atom stereocenters. The molecule has 2 nitrogen and oxygen atoms in total. The van der Waals surface area contributed by atoms with Gasteiger partial charge in [0, 0.05) is 22.9 Å². The molecule has 0 unspecified atom stereocenters. The molecule has 1 saturated carbocycles. The maximum absolute atomic E-state index is 5.36. The third-order valence-electron chi connectivity index (χ3n) is 4.94. The van der Waals surface area contributed by atoms with Gasteiger partial charge in [0.1, 0.15) is 5.75 Å². The van der Waals surface area contributed by atoms with Crippen molar-refractivity contribution in [1.29, 1.82) is 0 Å². The van der Waals surface area contributed by atoms with Crippen molar-refractivity contribution >= 4 is 11.4 Å². The van der Waals surface area contributed by atoms with Gasteiger partial charge in [-0.25, -0.2) is 0 Å². The second-order valence-electron chi connectivity index (χ2n) is 6.74. The Hall–Kier alpha value is -1.96. The van der Waals surface area contributed by atoms with Crippen LogP contribution < -0.4 is 10.1 Å². The standard InChI is InChI=1S/C19H21NO/c1-19(2)15-8-7-14(21-3)11-18(15)20-17-9-6-13(10-16(17)19)12-4-5-12/h6-12,20H,4-5H2,1-3H3. The molecule has 1 aliphatic carbocycles. The van der Waals surface area contributed by atoms with Crippen molar-refractivity contribution in [2.24, 2.45) is 0 Å². The van der Waals surface area contributed by atoms with Crippen LogP contribution in [0.15, 0.2) is 36.4 Å². The van der Waals surface area contributed by atoms with E-state index in [1.807, 2.05) is 0 Å². The molecule has 2 aliphatic rings. The predicted octanol–water partition coefficient (Wildman–Crippen LogP) is 4.96. The molecule has 1 N–H and O–H groups in total. The molecule has 0 radical (unpaired) electrons. The number of anilines is 2. The number of benzene rings is 2. The van der Waals surface area contributed by atoms with Gasteiger partial charge in [0.2, 0.25) is 0 Å². The lowest BCUT2D eigenvalue weighted by molar-refractivity contribution is 0.414. The summed E-state index contributed by atoms with van der Waals surface area (Å²) in [6.45, 7) is 4.63. The van der Waals surface area contributed by atoms with E-state index in [4.69, 9.17) is 4.74 Å². The topological polar surface area (TPSA) is 21.3 Å². The molecule has 0 amide bonds. The highest BCUT2D eigenvalue weighted by molar-refractivity contribution is 5.76. The largest absolute Gasteiger partial charge is 0.497 e. The second-order valence-corrected chi connectivity index (χ2v) is 6.74. The van der Waals surface area contributed by atoms with Gasteiger partial charge in [0.25, 0.3) is 0 Å². The van der Waals surface area contributed by atoms with Gasteiger partial charge in [-0.2, -0.15) is 0 Å². The number of ether oxygens (including phenoxy) is 1. The Bertz CT molecular complexity index is 714. The Morgan fingerprint density at radius 3 is 2.52 bits per heavy atom. The van der Waals surface area contributed by atoms with E-state index in [1.165, 1.54) is 35.2 Å². The number of hydrogen-bond acceptors (Lipinski definition) is 2. The van der Waals surface area contributed by atoms with Crippen LogP contribution in [-0.2, 0) is 5.41 Å². The van der Waals surface area contributed by atoms with Gasteiger partial charge in [-0.3, -0.25) is 0 Å². The summed E-state index contributed by atoms with van der Waals surface area (Å²) in [5.41, 5.74) is 6.65. The molecule has 108 valence electrons. The van der Waals surface area contributed by atoms with Crippen molar-refractivity contribution in [3.8, 4) is 5.75 Å². The summed E-state index contributed by atoms with van der Waals surface area (Å²) < 4.78 is 5.36. The molecule has 2 heteroatoms. The summed E-state index contributed by atoms with van der Waals surface area (Å²) >= 11 is 0. The van der Waals surface area contributed by atoms with Crippen LogP contribution in [0, 0.1) is 0 Å². The maximum atomic E-state index is 5.36. The van der Waals surface area contributed by atoms with Crippen LogP contribution in [0.3, 0.4) is 0 Å². The second kappa shape index (κ2) is 4.27. The van der Waals surface area contributed by atoms with E-state index in [1.54, 1.807) is 7.11 Å². The van der Waals surface area contributed by atoms with Gasteiger partial charge in [-0.15, -0.1) is 0 Å². The van der Waals surface area contributed by atoms with E-state index in [9.17, 15) is 0 Å². The van der Waals surface area contributed by atoms with E-state index < -0.39 is 0 Å². The lowest BCUT2D eigenvalue weighted by Gasteiger charge is -2.36. The van der Waals surface area contributed by atoms with Crippen LogP contribution in [0.2, 0.25) is 0 Å². The first-order chi connectivity index (χ1) is 10.1. The molecule has 0 spiro atoms. The first-order valence-electron chi connectivity index (χ1n) is 7.69. The fraction of sp³-hybridized carbons (Fsp3) is 0.368. The number of nitrogens with one attached hydrogen (secondary N) is 1. The molecular weight excluding hydrogens is 258 g/mol. The molecule has 0 saturated heterocycles. The third-order valence-corrected chi connectivity index (χ3v) is 4.94. The molecule has 1 fully saturated rings. The van der Waals surface area contributed by atoms with Crippen LogP contribution in [0.4, 0.5) is 11.4 Å². The predicted molar refractivity (Wildman–Crippen MR) is 86.8 cm³/mol. The number of hydrogen-bond donors (Lipinski definition) is 1. The molecule has 21 heavy (non-hydrogen) atoms. The van der Waals surface area contributed by atoms with Gasteiger partial charge >= 0.3 is 0 Å². The molecule has 4 rings (SSSR count). The Labute approximate surface area is 126 Å². The Morgan fingerprint density at radius 2 is 1.81 bits per heavy atom. The normalized spacial score (nSPS) is 18.4. The lowest BCUT2D eigenvalue weighted by Crippen LogP contribution is -2.26. The van der Waals surface area contributed by atoms with Crippen LogP contribution in [-0.4, -0.2) is 7.11 Å². The van der Waals surface area contributed by atoms with E-state index in [2.05, 4.69) is 55.6 Å². The minimum absolute atomic E-state index is 0.0209. The Morgan fingerprint density at radius 1 is 1.00 bits per heavy atom. The first-order valence-corrected chi connectivity index (χ1v) is 7.69. The maximum Gasteiger partial charge on any atom is 0.120 e. The summed E-state index contributed by atoms with van der Waals surface area (Å²) in [6, 6.07) is 13.3. The smallest absolute Gasteiger partial charge is 0.120 e. The fourth-order valence-corrected chi connectivity index (χ4v) is 3.45. The van der Waals surface area contributed by atoms with Crippen LogP contribution in [0.25, 0.3) is 0 Å². The van der Waals surface area contributed by atoms with Gasteiger partial charge in [0.05, 0.1) is 7.11 Å². The SMILES string of the molecule is COc1ccc2c(c1)Nc1ccc(C3CC3)cc1C2(C)C. The zero-order chi connectivity index (χ0) is 14.6. The highest BCUT2D eigenvalue weighted by atomic mass is 16.5. The quantitative estimate of drug-likeness (QED) is 0.839. The Balaban J connectivity index is 1.85. The number of rotatable bonds is 2. The first kappa shape index (κ1) is 12.8. The van der Waals surface area contributed by atoms with Crippen molar-refractivity contribution in [2.75, 3.05) is 12.4 Å². The van der Waals surface area contributed by atoms with Gasteiger partial charge in [0.15, 0.2) is 0 Å². The van der Waals surface area contributed by atoms with Crippen molar-refractivity contribution in [2.45, 2.75) is 38.0 Å². The van der Waals surface area contributed by atoms with Gasteiger partial charge in [-0.1, -0.05) is 32.0 Å². The van der Waals surface area contributed by atoms with E-state index in [0.717, 1.165) is 17.4 Å². The average molecular weight is 279 g/mol. The molecule has 0 aromatic heterocycles. The van der Waals surface area contributed by atoms with Crippen LogP contribution >= 0.6 is 0 Å². The van der Waals surface area contributed by atoms with Gasteiger partial charge < -0.3 is 10.1 Å². The summed E-state index contributed by atoms with van der Waals surface area (Å²) in [7, 11) is 1.71. The third kappa shape index (κ3) is 1.93. The summed E-state index contributed by atoms with van der Waals surface area (Å²) in [5.74, 6) is 1.69. The lowest BCUT2D eigenvalue weighted by atomic mass is 9.73. The molecule has 0 bridgehead atoms. The van der Waals surface area contributed by atoms with Crippen LogP contribution in [0.5, 0.6) is 5.75 Å². The monoisotopic (exact) mass is 279 g/mol. The average Bonchev–Trinajstić information content (AvgIpc) is 3.31. The zero-order valence-electron chi connectivity index (χ0n) is 12.9. The molecule has 2 aromatic carbocycles. The van der Waals surface area contributed by atoms with Gasteiger partial charge in [-0.05, 0) is 47.6 Å². The summed E-state index contributed by atoms with van der Waals surface area (Å²) in [4.78, 5) is 0. The number of methoxy groups -OCH3 is 1. The minimum atomic E-state index is 0.0209. The van der Waals surface area contributed by atoms with E-state index in [0.29, 0.717) is 0 Å². The van der Waals surface area contributed by atoms with Crippen molar-refractivity contribution < 1.29 is 4.74 Å². The minimum Gasteiger partial charge on any atom is -0.497 e. The van der Waals surface area contributed by atoms with Crippen molar-refractivity contribution in [3.63, 3.8) is 0 Å². The highest BCUT2D eigenvalue weighted by Gasteiger charge is 2.34. The Kier molecular flexibility index (Phi) is 2.59. The van der Waals surface area contributed by atoms with E-state index in [-0.39, 0.29) is 5.41 Å². The number of fused-ring (bicyclic) bond motifs is 2. The van der Waals surface area contributed by atoms with E-state index >= 15 is 0 Å². The van der Waals surface area contributed by atoms with Crippen LogP contribution in [0.1, 0.15) is 49.3 Å². The molecule has 1 heterocycles.